The summed E-state index contributed by atoms with van der Waals surface area (Å²) in [5, 5.41) is 18.8. The summed E-state index contributed by atoms with van der Waals surface area (Å²) in [6.45, 7) is 8.08. The van der Waals surface area contributed by atoms with Crippen LogP contribution >= 0.6 is 11.6 Å². The second kappa shape index (κ2) is 9.95. The van der Waals surface area contributed by atoms with E-state index < -0.39 is 23.8 Å². The van der Waals surface area contributed by atoms with E-state index >= 15 is 0 Å². The van der Waals surface area contributed by atoms with Crippen molar-refractivity contribution in [2.75, 3.05) is 5.32 Å². The summed E-state index contributed by atoms with van der Waals surface area (Å²) in [6.07, 6.45) is 0.509. The van der Waals surface area contributed by atoms with Gasteiger partial charge in [-0.1, -0.05) is 23.7 Å². The molecule has 0 aliphatic carbocycles. The molecule has 0 spiro atoms. The number of nitrogens with one attached hydrogen (secondary N) is 3. The number of H-pyrrole nitrogens is 1. The van der Waals surface area contributed by atoms with Crippen molar-refractivity contribution >= 4 is 29.5 Å². The number of imidazole rings is 1. The first-order valence-corrected chi connectivity index (χ1v) is 10.8. The number of aromatic nitrogens is 4. The van der Waals surface area contributed by atoms with Crippen molar-refractivity contribution in [3.05, 3.63) is 53.2 Å². The molecule has 0 saturated heterocycles. The van der Waals surface area contributed by atoms with Crippen LogP contribution in [0.2, 0.25) is 5.15 Å². The Morgan fingerprint density at radius 2 is 1.94 bits per heavy atom. The highest BCUT2D eigenvalue weighted by molar-refractivity contribution is 6.31. The van der Waals surface area contributed by atoms with Crippen LogP contribution < -0.4 is 10.6 Å². The summed E-state index contributed by atoms with van der Waals surface area (Å²) in [6, 6.07) is 7.95. The van der Waals surface area contributed by atoms with Gasteiger partial charge in [-0.05, 0) is 45.9 Å². The number of nitrogens with zero attached hydrogens (tertiary/aromatic N) is 3. The lowest BCUT2D eigenvalue weighted by Crippen LogP contribution is -2.36. The summed E-state index contributed by atoms with van der Waals surface area (Å²) in [7, 11) is 0. The first-order valence-electron chi connectivity index (χ1n) is 10.4. The number of amides is 2. The fraction of sp³-hybridized carbons (Fsp3) is 0.364. The monoisotopic (exact) mass is 474 g/mol. The number of carboxylic acid groups (broad SMARTS) is 1. The molecule has 2 aromatic heterocycles. The molecule has 33 heavy (non-hydrogen) atoms. The summed E-state index contributed by atoms with van der Waals surface area (Å²) < 4.78 is 7.21. The van der Waals surface area contributed by atoms with Crippen LogP contribution in [0.15, 0.2) is 36.5 Å². The average molecular weight is 475 g/mol. The largest absolute Gasteiger partial charge is 0.465 e. The number of alkyl carbamates (subject to hydrolysis) is 1. The molecular weight excluding hydrogens is 448 g/mol. The number of rotatable bonds is 7. The van der Waals surface area contributed by atoms with Gasteiger partial charge in [-0.2, -0.15) is 5.10 Å². The van der Waals surface area contributed by atoms with Crippen molar-refractivity contribution < 1.29 is 19.4 Å². The summed E-state index contributed by atoms with van der Waals surface area (Å²) in [5.41, 5.74) is 1.70. The molecule has 1 atom stereocenters. The third-order valence-corrected chi connectivity index (χ3v) is 4.82. The van der Waals surface area contributed by atoms with Gasteiger partial charge < -0.3 is 20.1 Å². The van der Waals surface area contributed by atoms with Crippen LogP contribution in [0.25, 0.3) is 11.3 Å². The third-order valence-electron chi connectivity index (χ3n) is 4.54. The van der Waals surface area contributed by atoms with Crippen molar-refractivity contribution in [1.82, 2.24) is 25.1 Å². The van der Waals surface area contributed by atoms with Crippen molar-refractivity contribution in [1.29, 1.82) is 0 Å². The van der Waals surface area contributed by atoms with Crippen LogP contribution in [0.1, 0.15) is 45.3 Å². The highest BCUT2D eigenvalue weighted by atomic mass is 35.5. The van der Waals surface area contributed by atoms with E-state index in [1.54, 1.807) is 49.7 Å². The van der Waals surface area contributed by atoms with Crippen LogP contribution in [-0.2, 0) is 17.7 Å². The molecule has 3 rings (SSSR count). The maximum Gasteiger partial charge on any atom is 0.409 e. The van der Waals surface area contributed by atoms with E-state index in [1.165, 1.54) is 0 Å². The van der Waals surface area contributed by atoms with Crippen molar-refractivity contribution in [2.24, 2.45) is 0 Å². The molecule has 2 heterocycles. The Hall–Kier alpha value is -3.53. The number of hydrogen-bond acceptors (Lipinski definition) is 5. The third kappa shape index (κ3) is 6.72. The molecule has 176 valence electrons. The Labute approximate surface area is 196 Å². The Morgan fingerprint density at radius 3 is 2.52 bits per heavy atom. The second-order valence-corrected chi connectivity index (χ2v) is 8.74. The van der Waals surface area contributed by atoms with E-state index in [4.69, 9.17) is 21.4 Å². The van der Waals surface area contributed by atoms with Crippen LogP contribution in [0.4, 0.5) is 15.3 Å². The lowest BCUT2D eigenvalue weighted by atomic mass is 10.1. The van der Waals surface area contributed by atoms with Gasteiger partial charge in [0.15, 0.2) is 0 Å². The molecule has 11 heteroatoms. The number of ether oxygens (including phenoxy) is 1. The fourth-order valence-electron chi connectivity index (χ4n) is 3.12. The number of carbonyl (C=O) groups is 2. The first-order chi connectivity index (χ1) is 15.5. The minimum atomic E-state index is -1.15. The highest BCUT2D eigenvalue weighted by Gasteiger charge is 2.25. The van der Waals surface area contributed by atoms with Crippen molar-refractivity contribution in [3.8, 4) is 11.3 Å². The first kappa shape index (κ1) is 24.1. The smallest absolute Gasteiger partial charge is 0.409 e. The molecule has 1 aromatic carbocycles. The van der Waals surface area contributed by atoms with Gasteiger partial charge in [0.2, 0.25) is 0 Å². The number of anilines is 1. The molecule has 0 fully saturated rings. The zero-order chi connectivity index (χ0) is 24.2. The molecule has 0 saturated carbocycles. The number of carbonyl (C=O) groups excluding carboxylic acids is 1. The van der Waals surface area contributed by atoms with Gasteiger partial charge in [0.25, 0.3) is 0 Å². The maximum absolute atomic E-state index is 12.5. The van der Waals surface area contributed by atoms with Gasteiger partial charge in [-0.25, -0.2) is 14.6 Å². The Bertz CT molecular complexity index is 1120. The van der Waals surface area contributed by atoms with Gasteiger partial charge >= 0.3 is 12.2 Å². The molecule has 0 radical (unpaired) electrons. The Balaban J connectivity index is 1.87. The zero-order valence-corrected chi connectivity index (χ0v) is 19.6. The number of hydrogen-bond donors (Lipinski definition) is 4. The Morgan fingerprint density at radius 1 is 1.24 bits per heavy atom. The molecule has 0 aliphatic heterocycles. The summed E-state index contributed by atoms with van der Waals surface area (Å²) >= 11 is 6.43. The molecule has 0 aliphatic rings. The molecule has 0 unspecified atom stereocenters. The number of aromatic amines is 1. The van der Waals surface area contributed by atoms with Gasteiger partial charge in [-0.3, -0.25) is 10.00 Å². The van der Waals surface area contributed by atoms with Gasteiger partial charge in [0.1, 0.15) is 22.3 Å². The summed E-state index contributed by atoms with van der Waals surface area (Å²) in [4.78, 5) is 30.9. The standard InChI is InChI=1S/C22H27ClN6O4/c1-5-29-11-10-15(28-29)12-16(25-21(32)33-22(2,3)4)19-26-17(18(23)27-19)13-6-8-14(9-7-13)24-20(30)31/h6-11,16,24H,5,12H2,1-4H3,(H,25,32)(H,26,27)(H,30,31)/t16-/m0/s1. The van der Waals surface area contributed by atoms with E-state index in [0.717, 1.165) is 12.2 Å². The van der Waals surface area contributed by atoms with E-state index in [-0.39, 0.29) is 0 Å². The second-order valence-electron chi connectivity index (χ2n) is 8.36. The van der Waals surface area contributed by atoms with E-state index in [0.29, 0.717) is 34.3 Å². The normalized spacial score (nSPS) is 12.3. The number of benzene rings is 1. The van der Waals surface area contributed by atoms with Crippen LogP contribution in [-0.4, -0.2) is 42.6 Å². The van der Waals surface area contributed by atoms with Crippen molar-refractivity contribution in [2.45, 2.75) is 52.3 Å². The van der Waals surface area contributed by atoms with Crippen LogP contribution in [0.5, 0.6) is 0 Å². The molecular formula is C22H27ClN6O4. The van der Waals surface area contributed by atoms with E-state index in [1.807, 2.05) is 19.2 Å². The SMILES string of the molecule is CCn1ccc(C[C@H](NC(=O)OC(C)(C)C)c2nc(-c3ccc(NC(=O)O)cc3)c(Cl)[nH]2)n1. The van der Waals surface area contributed by atoms with Crippen molar-refractivity contribution in [3.63, 3.8) is 0 Å². The fourth-order valence-corrected chi connectivity index (χ4v) is 3.37. The molecule has 3 aromatic rings. The minimum Gasteiger partial charge on any atom is -0.465 e. The van der Waals surface area contributed by atoms with E-state index in [2.05, 4.69) is 25.7 Å². The van der Waals surface area contributed by atoms with E-state index in [9.17, 15) is 9.59 Å². The number of aryl methyl sites for hydroxylation is 1. The van der Waals surface area contributed by atoms with Gasteiger partial charge in [-0.15, -0.1) is 0 Å². The van der Waals surface area contributed by atoms with Crippen LogP contribution in [0, 0.1) is 0 Å². The molecule has 2 amide bonds. The lowest BCUT2D eigenvalue weighted by Gasteiger charge is -2.22. The molecule has 0 bridgehead atoms. The zero-order valence-electron chi connectivity index (χ0n) is 18.8. The quantitative estimate of drug-likeness (QED) is 0.387. The van der Waals surface area contributed by atoms with Crippen LogP contribution in [0.3, 0.4) is 0 Å². The average Bonchev–Trinajstić information content (AvgIpc) is 3.32. The van der Waals surface area contributed by atoms with Gasteiger partial charge in [0.05, 0.1) is 11.7 Å². The predicted octanol–water partition coefficient (Wildman–Crippen LogP) is 4.84. The highest BCUT2D eigenvalue weighted by Crippen LogP contribution is 2.29. The number of halogens is 1. The summed E-state index contributed by atoms with van der Waals surface area (Å²) in [5.74, 6) is 0.444. The topological polar surface area (TPSA) is 134 Å². The maximum atomic E-state index is 12.5. The minimum absolute atomic E-state index is 0.291. The molecule has 10 nitrogen and oxygen atoms in total. The molecule has 4 N–H and O–H groups in total. The Kier molecular flexibility index (Phi) is 7.27. The van der Waals surface area contributed by atoms with Gasteiger partial charge in [0, 0.05) is 30.4 Å². The lowest BCUT2D eigenvalue weighted by molar-refractivity contribution is 0.0501. The predicted molar refractivity (Wildman–Crippen MR) is 124 cm³/mol.